The summed E-state index contributed by atoms with van der Waals surface area (Å²) in [7, 11) is 0. The first-order valence-corrected chi connectivity index (χ1v) is 9.79. The Morgan fingerprint density at radius 2 is 0.875 bits per heavy atom. The summed E-state index contributed by atoms with van der Waals surface area (Å²) >= 11 is -8.88. The number of hydrogen-bond acceptors (Lipinski definition) is 6. The molecule has 0 aliphatic carbocycles. The first-order chi connectivity index (χ1) is 3.46. The minimum atomic E-state index is -4.47. The summed E-state index contributed by atoms with van der Waals surface area (Å²) in [5.74, 6) is 0. The third-order valence-electron chi connectivity index (χ3n) is 0. The first-order valence-electron chi connectivity index (χ1n) is 1.32. The Kier molecular flexibility index (Phi) is 13.0. The fourth-order valence-corrected chi connectivity index (χ4v) is 0. The topological polar surface area (TPSA) is 102 Å². The quantitative estimate of drug-likeness (QED) is 0.549. The van der Waals surface area contributed by atoms with E-state index in [0.29, 0.717) is 0 Å². The van der Waals surface area contributed by atoms with Gasteiger partial charge in [0.2, 0.25) is 0 Å². The van der Waals surface area contributed by atoms with Gasteiger partial charge in [0.1, 0.15) is 0 Å². The van der Waals surface area contributed by atoms with Crippen LogP contribution < -0.4 is 0 Å². The van der Waals surface area contributed by atoms with Gasteiger partial charge >= 0.3 is 76.5 Å². The van der Waals surface area contributed by atoms with Crippen molar-refractivity contribution in [1.29, 1.82) is 0 Å². The van der Waals surface area contributed by atoms with Gasteiger partial charge in [-0.05, 0) is 0 Å². The van der Waals surface area contributed by atoms with E-state index in [1.807, 2.05) is 0 Å². The second-order valence-corrected chi connectivity index (χ2v) is 3.99. The van der Waals surface area contributed by atoms with Crippen LogP contribution in [0, 0.1) is 70.4 Å². The van der Waals surface area contributed by atoms with Gasteiger partial charge in [-0.15, -0.1) is 0 Å². The molecule has 0 fully saturated rings. The van der Waals surface area contributed by atoms with E-state index in [4.69, 9.17) is 6.14 Å². The van der Waals surface area contributed by atoms with E-state index < -0.39 is 70.4 Å². The summed E-state index contributed by atoms with van der Waals surface area (Å²) in [6, 6.07) is 0. The van der Waals surface area contributed by atoms with Gasteiger partial charge in [0.05, 0.1) is 0 Å². The predicted molar refractivity (Wildman–Crippen MR) is 4.12 cm³/mol. The molecule has 0 rings (SSSR count). The van der Waals surface area contributed by atoms with Crippen LogP contribution in [0.5, 0.6) is 0 Å². The van der Waals surface area contributed by atoms with Gasteiger partial charge in [-0.2, -0.15) is 0 Å². The van der Waals surface area contributed by atoms with Gasteiger partial charge in [0, 0.05) is 0 Å². The van der Waals surface area contributed by atoms with Crippen LogP contribution in [0.4, 0.5) is 0 Å². The van der Waals surface area contributed by atoms with Gasteiger partial charge in [0.25, 0.3) is 0 Å². The van der Waals surface area contributed by atoms with Crippen LogP contribution in [0.25, 0.3) is 0 Å². The van der Waals surface area contributed by atoms with Gasteiger partial charge in [-0.3, -0.25) is 0 Å². The molecule has 43 valence electrons. The van der Waals surface area contributed by atoms with Crippen molar-refractivity contribution in [2.75, 3.05) is 0 Å². The molecule has 0 amide bonds. The van der Waals surface area contributed by atoms with Gasteiger partial charge < -0.3 is 0 Å². The van der Waals surface area contributed by atoms with Crippen molar-refractivity contribution in [3.05, 3.63) is 0 Å². The maximum atomic E-state index is 8.64. The molecule has 0 spiro atoms. The Bertz CT molecular complexity index is 177. The normalized spacial score (nSPS) is 3.75. The molecule has 6 nitrogen and oxygen atoms in total. The summed E-state index contributed by atoms with van der Waals surface area (Å²) in [4.78, 5) is 0. The predicted octanol–water partition coefficient (Wildman–Crippen LogP) is -0.713. The summed E-state index contributed by atoms with van der Waals surface area (Å²) < 4.78 is 51.8. The number of rotatable bonds is 0. The van der Waals surface area contributed by atoms with Crippen molar-refractivity contribution >= 4 is 0 Å². The van der Waals surface area contributed by atoms with Crippen molar-refractivity contribution < 1.29 is 76.5 Å². The Balaban J connectivity index is 0. The zero-order valence-corrected chi connectivity index (χ0v) is 10.4. The summed E-state index contributed by atoms with van der Waals surface area (Å²) in [6.07, 6.45) is 0. The molecule has 0 unspecified atom stereocenters. The van der Waals surface area contributed by atoms with Gasteiger partial charge in [-0.25, -0.2) is 0 Å². The molecule has 0 aromatic rings. The molecule has 0 radical (unpaired) electrons. The minimum absolute atomic E-state index is 4.41. The molecular formula is NdO6Pr. The molecule has 0 aliphatic heterocycles. The van der Waals surface area contributed by atoms with Crippen LogP contribution in [-0.2, 0) is 6.14 Å². The molecule has 0 aromatic heterocycles. The maximum absolute atomic E-state index is 8.64. The Morgan fingerprint density at radius 3 is 0.875 bits per heavy atom. The molecule has 0 aromatic carbocycles. The first kappa shape index (κ1) is 12.2. The average Bonchev–Trinajstić information content (AvgIpc) is 1.25. The molecule has 0 atom stereocenters. The van der Waals surface area contributed by atoms with Crippen LogP contribution >= 0.6 is 0 Å². The molecule has 0 saturated heterocycles. The van der Waals surface area contributed by atoms with Crippen molar-refractivity contribution in [3.63, 3.8) is 0 Å². The van der Waals surface area contributed by atoms with E-state index in [0.717, 1.165) is 0 Å². The van der Waals surface area contributed by atoms with Crippen molar-refractivity contribution in [2.24, 2.45) is 0 Å². The fourth-order valence-electron chi connectivity index (χ4n) is 0. The van der Waals surface area contributed by atoms with E-state index in [9.17, 15) is 0 Å². The molecule has 0 heterocycles. The van der Waals surface area contributed by atoms with Crippen LogP contribution in [-0.4, -0.2) is 0 Å². The van der Waals surface area contributed by atoms with E-state index in [-0.39, 0.29) is 0 Å². The van der Waals surface area contributed by atoms with E-state index in [1.54, 1.807) is 0 Å². The molecule has 0 N–H and O–H groups in total. The number of hydrogen-bond donors (Lipinski definition) is 0. The SMILES string of the molecule is [O]=[Nd](=[O])=[O].[O]=[Pr](=[O])=[O]. The average molecular weight is 381 g/mol. The summed E-state index contributed by atoms with van der Waals surface area (Å²) in [5, 5.41) is 0. The molecule has 0 bridgehead atoms. The molecular weight excluding hydrogens is 381 g/mol. The Labute approximate surface area is 74.3 Å². The standard InChI is InChI=1S/Nd.6O.Pr. The van der Waals surface area contributed by atoms with E-state index in [1.165, 1.54) is 0 Å². The zero-order chi connectivity index (χ0) is 7.15. The molecule has 0 aliphatic rings. The van der Waals surface area contributed by atoms with Gasteiger partial charge in [-0.1, -0.05) is 0 Å². The van der Waals surface area contributed by atoms with Crippen molar-refractivity contribution in [3.8, 4) is 0 Å². The van der Waals surface area contributed by atoms with Crippen LogP contribution in [0.15, 0.2) is 0 Å². The molecule has 8 heteroatoms. The Morgan fingerprint density at radius 1 is 0.875 bits per heavy atom. The van der Waals surface area contributed by atoms with Crippen molar-refractivity contribution in [1.82, 2.24) is 0 Å². The van der Waals surface area contributed by atoms with Crippen LogP contribution in [0.3, 0.4) is 0 Å². The Hall–Kier alpha value is 1.51. The van der Waals surface area contributed by atoms with Crippen molar-refractivity contribution in [2.45, 2.75) is 0 Å². The van der Waals surface area contributed by atoms with E-state index in [2.05, 4.69) is 0 Å². The van der Waals surface area contributed by atoms with E-state index >= 15 is 0 Å². The summed E-state index contributed by atoms with van der Waals surface area (Å²) in [5.41, 5.74) is 0. The zero-order valence-electron chi connectivity index (χ0n) is 3.53. The monoisotopic (exact) mass is 379 g/mol. The summed E-state index contributed by atoms with van der Waals surface area (Å²) in [6.45, 7) is 0. The second kappa shape index (κ2) is 8.51. The second-order valence-electron chi connectivity index (χ2n) is 0.539. The third-order valence-corrected chi connectivity index (χ3v) is 0. The third kappa shape index (κ3) is 139. The fraction of sp³-hybridized carbons (Fsp3) is 0. The molecule has 0 saturated carbocycles. The van der Waals surface area contributed by atoms with Gasteiger partial charge in [0.15, 0.2) is 0 Å². The molecule has 8 heavy (non-hydrogen) atoms. The van der Waals surface area contributed by atoms with Crippen LogP contribution in [0.1, 0.15) is 0 Å². The van der Waals surface area contributed by atoms with Crippen LogP contribution in [0.2, 0.25) is 0 Å².